The molecule has 3 aromatic rings. The van der Waals surface area contributed by atoms with Crippen LogP contribution in [0.4, 0.5) is 10.1 Å². The minimum atomic E-state index is -0.718. The maximum Gasteiger partial charge on any atom is 0.280 e. The molecule has 0 saturated carbocycles. The van der Waals surface area contributed by atoms with Crippen LogP contribution in [0.5, 0.6) is 5.75 Å². The number of hydrogen-bond acceptors (Lipinski definition) is 4. The summed E-state index contributed by atoms with van der Waals surface area (Å²) in [5, 5.41) is 6.65. The number of para-hydroxylation sites is 1. The molecule has 0 aliphatic heterocycles. The quantitative estimate of drug-likeness (QED) is 0.783. The summed E-state index contributed by atoms with van der Waals surface area (Å²) < 4.78 is 20.1. The van der Waals surface area contributed by atoms with E-state index < -0.39 is 17.2 Å². The lowest BCUT2D eigenvalue weighted by atomic mass is 10.2. The summed E-state index contributed by atoms with van der Waals surface area (Å²) in [5.41, 5.74) is 0.709. The lowest BCUT2D eigenvalue weighted by Gasteiger charge is -2.11. The fourth-order valence-electron chi connectivity index (χ4n) is 2.47. The van der Waals surface area contributed by atoms with Gasteiger partial charge in [-0.2, -0.15) is 5.10 Å². The Labute approximate surface area is 148 Å². The van der Waals surface area contributed by atoms with Crippen LogP contribution >= 0.6 is 0 Å². The molecule has 0 fully saturated rings. The summed E-state index contributed by atoms with van der Waals surface area (Å²) >= 11 is 0. The summed E-state index contributed by atoms with van der Waals surface area (Å²) in [5.74, 6) is -1.28. The largest absolute Gasteiger partial charge is 0.494 e. The summed E-state index contributed by atoms with van der Waals surface area (Å²) in [6.45, 7) is 1.72. The van der Waals surface area contributed by atoms with Gasteiger partial charge < -0.3 is 10.1 Å². The third-order valence-electron chi connectivity index (χ3n) is 3.73. The van der Waals surface area contributed by atoms with Crippen LogP contribution in [-0.4, -0.2) is 22.8 Å². The zero-order valence-corrected chi connectivity index (χ0v) is 14.2. The van der Waals surface area contributed by atoms with E-state index in [2.05, 4.69) is 10.4 Å². The van der Waals surface area contributed by atoms with E-state index in [9.17, 15) is 14.0 Å². The molecule has 1 N–H and O–H groups in total. The zero-order valence-electron chi connectivity index (χ0n) is 14.2. The van der Waals surface area contributed by atoms with Crippen LogP contribution in [0.15, 0.2) is 59.4 Å². The molecule has 1 heterocycles. The molecule has 1 amide bonds. The molecule has 2 aromatic carbocycles. The van der Waals surface area contributed by atoms with Crippen LogP contribution in [0.25, 0.3) is 5.69 Å². The standard InChI is InChI=1S/C19H16FN3O3/c1-12-10-16(24)18(22-23(12)14-6-4-3-5-7-14)19(25)21-13-8-9-17(26-2)15(20)11-13/h3-11H,1-2H3,(H,21,25). The number of anilines is 1. The highest BCUT2D eigenvalue weighted by molar-refractivity contribution is 6.02. The van der Waals surface area contributed by atoms with Gasteiger partial charge in [0, 0.05) is 23.5 Å². The van der Waals surface area contributed by atoms with Gasteiger partial charge in [0.25, 0.3) is 5.91 Å². The van der Waals surface area contributed by atoms with Crippen molar-refractivity contribution in [2.45, 2.75) is 6.92 Å². The number of aryl methyl sites for hydroxylation is 1. The van der Waals surface area contributed by atoms with Gasteiger partial charge in [-0.1, -0.05) is 18.2 Å². The van der Waals surface area contributed by atoms with Crippen LogP contribution in [-0.2, 0) is 0 Å². The van der Waals surface area contributed by atoms with Gasteiger partial charge >= 0.3 is 0 Å². The molecule has 0 bridgehead atoms. The first-order valence-electron chi connectivity index (χ1n) is 7.81. The average Bonchev–Trinajstić information content (AvgIpc) is 2.62. The van der Waals surface area contributed by atoms with Gasteiger partial charge in [0.15, 0.2) is 17.3 Å². The van der Waals surface area contributed by atoms with E-state index in [1.165, 1.54) is 30.0 Å². The first-order chi connectivity index (χ1) is 12.5. The van der Waals surface area contributed by atoms with Crippen LogP contribution in [0, 0.1) is 12.7 Å². The Hall–Kier alpha value is -3.48. The third-order valence-corrected chi connectivity index (χ3v) is 3.73. The van der Waals surface area contributed by atoms with E-state index in [0.29, 0.717) is 5.69 Å². The predicted octanol–water partition coefficient (Wildman–Crippen LogP) is 2.94. The first kappa shape index (κ1) is 17.3. The van der Waals surface area contributed by atoms with E-state index in [1.54, 1.807) is 6.92 Å². The molecule has 6 nitrogen and oxygen atoms in total. The van der Waals surface area contributed by atoms with E-state index in [0.717, 1.165) is 11.8 Å². The van der Waals surface area contributed by atoms with Crippen molar-refractivity contribution in [1.29, 1.82) is 0 Å². The number of aromatic nitrogens is 2. The normalized spacial score (nSPS) is 10.4. The van der Waals surface area contributed by atoms with Gasteiger partial charge in [0.2, 0.25) is 5.43 Å². The molecule has 7 heteroatoms. The summed E-state index contributed by atoms with van der Waals surface area (Å²) in [7, 11) is 1.35. The number of nitrogens with zero attached hydrogens (tertiary/aromatic N) is 2. The fraction of sp³-hybridized carbons (Fsp3) is 0.105. The zero-order chi connectivity index (χ0) is 18.7. The van der Waals surface area contributed by atoms with Crippen LogP contribution in [0.1, 0.15) is 16.2 Å². The highest BCUT2D eigenvalue weighted by atomic mass is 19.1. The highest BCUT2D eigenvalue weighted by Gasteiger charge is 2.16. The van der Waals surface area contributed by atoms with E-state index in [1.807, 2.05) is 30.3 Å². The number of methoxy groups -OCH3 is 1. The Bertz CT molecular complexity index is 1020. The molecule has 26 heavy (non-hydrogen) atoms. The lowest BCUT2D eigenvalue weighted by molar-refractivity contribution is 0.101. The van der Waals surface area contributed by atoms with Crippen molar-refractivity contribution in [3.05, 3.63) is 82.0 Å². The second kappa shape index (κ2) is 7.18. The van der Waals surface area contributed by atoms with Crippen LogP contribution < -0.4 is 15.5 Å². The van der Waals surface area contributed by atoms with Gasteiger partial charge in [-0.15, -0.1) is 0 Å². The SMILES string of the molecule is COc1ccc(NC(=O)c2nn(-c3ccccc3)c(C)cc2=O)cc1F. The second-order valence-corrected chi connectivity index (χ2v) is 5.55. The number of ether oxygens (including phenoxy) is 1. The van der Waals surface area contributed by atoms with Crippen molar-refractivity contribution in [2.75, 3.05) is 12.4 Å². The monoisotopic (exact) mass is 353 g/mol. The van der Waals surface area contributed by atoms with Gasteiger partial charge in [0.05, 0.1) is 12.8 Å². The molecular weight excluding hydrogens is 337 g/mol. The molecule has 1 aromatic heterocycles. The maximum absolute atomic E-state index is 13.8. The summed E-state index contributed by atoms with van der Waals surface area (Å²) in [6, 6.07) is 14.4. The molecule has 3 rings (SSSR count). The predicted molar refractivity (Wildman–Crippen MR) is 95.5 cm³/mol. The number of amides is 1. The second-order valence-electron chi connectivity index (χ2n) is 5.55. The van der Waals surface area contributed by atoms with E-state index in [4.69, 9.17) is 4.74 Å². The Morgan fingerprint density at radius 2 is 1.88 bits per heavy atom. The van der Waals surface area contributed by atoms with E-state index in [-0.39, 0.29) is 17.1 Å². The molecule has 0 radical (unpaired) electrons. The van der Waals surface area contributed by atoms with Crippen molar-refractivity contribution < 1.29 is 13.9 Å². The fourth-order valence-corrected chi connectivity index (χ4v) is 2.47. The molecule has 0 atom stereocenters. The first-order valence-corrected chi connectivity index (χ1v) is 7.81. The third kappa shape index (κ3) is 3.46. The molecule has 132 valence electrons. The number of benzene rings is 2. The summed E-state index contributed by atoms with van der Waals surface area (Å²) in [6.07, 6.45) is 0. The number of halogens is 1. The van der Waals surface area contributed by atoms with Gasteiger partial charge in [0.1, 0.15) is 0 Å². The van der Waals surface area contributed by atoms with Crippen molar-refractivity contribution >= 4 is 11.6 Å². The maximum atomic E-state index is 13.8. The van der Waals surface area contributed by atoms with Crippen molar-refractivity contribution in [1.82, 2.24) is 9.78 Å². The summed E-state index contributed by atoms with van der Waals surface area (Å²) in [4.78, 5) is 24.6. The van der Waals surface area contributed by atoms with Gasteiger partial charge in [-0.05, 0) is 31.2 Å². The molecule has 0 spiro atoms. The molecule has 0 aliphatic rings. The molecule has 0 unspecified atom stereocenters. The van der Waals surface area contributed by atoms with Crippen LogP contribution in [0.2, 0.25) is 0 Å². The number of carbonyl (C=O) groups excluding carboxylic acids is 1. The molecule has 0 saturated heterocycles. The number of hydrogen-bond donors (Lipinski definition) is 1. The highest BCUT2D eigenvalue weighted by Crippen LogP contribution is 2.20. The Balaban J connectivity index is 1.95. The van der Waals surface area contributed by atoms with Crippen molar-refractivity contribution in [2.24, 2.45) is 0 Å². The lowest BCUT2D eigenvalue weighted by Crippen LogP contribution is -2.26. The topological polar surface area (TPSA) is 73.2 Å². The minimum absolute atomic E-state index is 0.0582. The van der Waals surface area contributed by atoms with E-state index >= 15 is 0 Å². The Kier molecular flexibility index (Phi) is 4.79. The number of rotatable bonds is 4. The van der Waals surface area contributed by atoms with Crippen LogP contribution in [0.3, 0.4) is 0 Å². The molecule has 0 aliphatic carbocycles. The average molecular weight is 353 g/mol. The Morgan fingerprint density at radius 1 is 1.15 bits per heavy atom. The van der Waals surface area contributed by atoms with Gasteiger partial charge in [-0.25, -0.2) is 9.07 Å². The van der Waals surface area contributed by atoms with Crippen molar-refractivity contribution in [3.63, 3.8) is 0 Å². The number of carbonyl (C=O) groups is 1. The number of nitrogens with one attached hydrogen (secondary N) is 1. The minimum Gasteiger partial charge on any atom is -0.494 e. The van der Waals surface area contributed by atoms with Crippen molar-refractivity contribution in [3.8, 4) is 11.4 Å². The smallest absolute Gasteiger partial charge is 0.280 e. The molecular formula is C19H16FN3O3. The Morgan fingerprint density at radius 3 is 2.54 bits per heavy atom. The van der Waals surface area contributed by atoms with Gasteiger partial charge in [-0.3, -0.25) is 9.59 Å².